The molecule has 4 fully saturated rings. The first kappa shape index (κ1) is 58.5. The second-order valence-corrected chi connectivity index (χ2v) is 13.2. The van der Waals surface area contributed by atoms with E-state index in [9.17, 15) is 4.79 Å². The minimum atomic E-state index is -1.79. The van der Waals surface area contributed by atoms with Crippen LogP contribution < -0.4 is 0 Å². The van der Waals surface area contributed by atoms with Gasteiger partial charge in [0.1, 0.15) is 122 Å². The van der Waals surface area contributed by atoms with Crippen molar-refractivity contribution in [3.05, 3.63) is 0 Å². The highest BCUT2D eigenvalue weighted by atomic mass is 16.7. The summed E-state index contributed by atoms with van der Waals surface area (Å²) >= 11 is 0. The molecular formula is C30H60O30. The fourth-order valence-electron chi connectivity index (χ4n) is 5.00. The van der Waals surface area contributed by atoms with Crippen molar-refractivity contribution < 1.29 is 151 Å². The van der Waals surface area contributed by atoms with Gasteiger partial charge in [-0.3, -0.25) is 0 Å². The maximum absolute atomic E-state index is 9.90. The van der Waals surface area contributed by atoms with Crippen molar-refractivity contribution in [1.82, 2.24) is 0 Å². The third-order valence-corrected chi connectivity index (χ3v) is 8.84. The van der Waals surface area contributed by atoms with Crippen molar-refractivity contribution in [1.29, 1.82) is 0 Å². The maximum Gasteiger partial charge on any atom is 0.184 e. The van der Waals surface area contributed by atoms with Crippen LogP contribution in [-0.2, 0) is 23.7 Å². The molecule has 4 heterocycles. The van der Waals surface area contributed by atoms with Crippen LogP contribution in [0.4, 0.5) is 0 Å². The lowest BCUT2D eigenvalue weighted by Crippen LogP contribution is -2.58. The lowest BCUT2D eigenvalue weighted by atomic mass is 10.00. The molecule has 60 heavy (non-hydrogen) atoms. The van der Waals surface area contributed by atoms with Crippen molar-refractivity contribution in [2.45, 2.75) is 147 Å². The Bertz CT molecular complexity index is 1050. The van der Waals surface area contributed by atoms with Crippen LogP contribution in [0.25, 0.3) is 0 Å². The van der Waals surface area contributed by atoms with Gasteiger partial charge in [0, 0.05) is 0 Å². The van der Waals surface area contributed by atoms with Gasteiger partial charge in [-0.2, -0.15) is 0 Å². The Kier molecular flexibility index (Phi) is 27.6. The largest absolute Gasteiger partial charge is 0.394 e. The molecule has 0 saturated carbocycles. The molecule has 0 aromatic rings. The van der Waals surface area contributed by atoms with E-state index < -0.39 is 180 Å². The Morgan fingerprint density at radius 1 is 0.383 bits per heavy atom. The number of aliphatic hydroxyl groups excluding tert-OH is 25. The first-order chi connectivity index (χ1) is 27.8. The Morgan fingerprint density at radius 3 is 0.917 bits per heavy atom. The van der Waals surface area contributed by atoms with Gasteiger partial charge in [0.15, 0.2) is 31.4 Å². The Labute approximate surface area is 338 Å². The van der Waals surface area contributed by atoms with E-state index in [0.29, 0.717) is 0 Å². The summed E-state index contributed by atoms with van der Waals surface area (Å²) in [5.41, 5.74) is 0. The van der Waals surface area contributed by atoms with E-state index in [1.165, 1.54) is 0 Å². The fourth-order valence-corrected chi connectivity index (χ4v) is 5.00. The van der Waals surface area contributed by atoms with Gasteiger partial charge in [-0.1, -0.05) is 0 Å². The zero-order valence-corrected chi connectivity index (χ0v) is 31.2. The van der Waals surface area contributed by atoms with Gasteiger partial charge in [-0.15, -0.1) is 0 Å². The molecule has 0 aliphatic carbocycles. The second-order valence-electron chi connectivity index (χ2n) is 13.2. The normalized spacial score (nSPS) is 41.8. The molecule has 0 radical (unpaired) electrons. The number of ether oxygens (including phenoxy) is 4. The van der Waals surface area contributed by atoms with Crippen molar-refractivity contribution in [3.63, 3.8) is 0 Å². The van der Waals surface area contributed by atoms with Crippen LogP contribution >= 0.6 is 0 Å². The Balaban J connectivity index is 0.000000725. The summed E-state index contributed by atoms with van der Waals surface area (Å²) in [6.07, 6.45) is -34.4. The van der Waals surface area contributed by atoms with E-state index in [2.05, 4.69) is 18.9 Å². The average molecular weight is 901 g/mol. The molecule has 0 aromatic carbocycles. The number of aliphatic hydroxyl groups is 25. The molecule has 30 nitrogen and oxygen atoms in total. The highest BCUT2D eigenvalue weighted by molar-refractivity contribution is 5.56. The molecule has 0 aromatic heterocycles. The van der Waals surface area contributed by atoms with Crippen LogP contribution in [0.15, 0.2) is 0 Å². The van der Waals surface area contributed by atoms with Crippen LogP contribution in [0.5, 0.6) is 0 Å². The van der Waals surface area contributed by atoms with E-state index in [4.69, 9.17) is 128 Å². The third-order valence-electron chi connectivity index (χ3n) is 8.84. The van der Waals surface area contributed by atoms with Crippen molar-refractivity contribution in [2.24, 2.45) is 0 Å². The molecule has 0 spiro atoms. The number of hydrogen-bond acceptors (Lipinski definition) is 30. The predicted molar refractivity (Wildman–Crippen MR) is 181 cm³/mol. The molecule has 4 rings (SSSR count). The van der Waals surface area contributed by atoms with Crippen molar-refractivity contribution >= 4 is 6.29 Å². The number of carbonyl (C=O) groups is 1. The number of aldehydes is 1. The maximum atomic E-state index is 9.90. The van der Waals surface area contributed by atoms with Crippen molar-refractivity contribution in [3.8, 4) is 0 Å². The minimum Gasteiger partial charge on any atom is -0.394 e. The molecule has 360 valence electrons. The lowest BCUT2D eigenvalue weighted by molar-refractivity contribution is -0.286. The summed E-state index contributed by atoms with van der Waals surface area (Å²) in [4.78, 5) is 9.90. The number of carbonyl (C=O) groups excluding carboxylic acids is 1. The van der Waals surface area contributed by atoms with Gasteiger partial charge in [-0.05, 0) is 0 Å². The quantitative estimate of drug-likeness (QED) is 0.0856. The molecule has 0 amide bonds. The molecule has 4 saturated heterocycles. The summed E-state index contributed by atoms with van der Waals surface area (Å²) in [6.45, 7) is -3.00. The summed E-state index contributed by atoms with van der Waals surface area (Å²) in [6, 6.07) is 0. The van der Waals surface area contributed by atoms with Gasteiger partial charge in [-0.25, -0.2) is 0 Å². The molecule has 4 aliphatic rings. The van der Waals surface area contributed by atoms with Crippen molar-refractivity contribution in [2.75, 3.05) is 33.0 Å². The monoisotopic (exact) mass is 900 g/mol. The van der Waals surface area contributed by atoms with Gasteiger partial charge in [0.25, 0.3) is 0 Å². The highest BCUT2D eigenvalue weighted by Crippen LogP contribution is 2.23. The lowest BCUT2D eigenvalue weighted by Gasteiger charge is -2.37. The zero-order chi connectivity index (χ0) is 46.9. The van der Waals surface area contributed by atoms with E-state index in [0.717, 1.165) is 0 Å². The highest BCUT2D eigenvalue weighted by Gasteiger charge is 2.47. The average Bonchev–Trinajstić information content (AvgIpc) is 3.66. The summed E-state index contributed by atoms with van der Waals surface area (Å²) in [5, 5.41) is 222. The fraction of sp³-hybridized carbons (Fsp3) is 0.967. The minimum absolute atomic E-state index is 0.0258. The van der Waals surface area contributed by atoms with Gasteiger partial charge in [0.05, 0.1) is 33.0 Å². The topological polar surface area (TPSA) is 560 Å². The van der Waals surface area contributed by atoms with Gasteiger partial charge in [0.2, 0.25) is 0 Å². The zero-order valence-electron chi connectivity index (χ0n) is 31.2. The molecule has 4 aliphatic heterocycles. The van der Waals surface area contributed by atoms with Gasteiger partial charge >= 0.3 is 0 Å². The molecule has 30 heteroatoms. The van der Waals surface area contributed by atoms with E-state index in [1.54, 1.807) is 0 Å². The van der Waals surface area contributed by atoms with Gasteiger partial charge < -0.3 is 151 Å². The molecule has 25 N–H and O–H groups in total. The molecule has 24 atom stereocenters. The van der Waals surface area contributed by atoms with E-state index in [-0.39, 0.29) is 6.29 Å². The first-order valence-electron chi connectivity index (χ1n) is 17.6. The van der Waals surface area contributed by atoms with Crippen LogP contribution in [0.1, 0.15) is 0 Å². The number of rotatable bonds is 11. The SMILES string of the molecule is O=C[C@H](O)[C@@H](O)[C@H](O)[C@H](O)CO.OC[C@@H](O)[C@H]1O[C@@H](O)[C@H](O)[C@H]1O.OC[C@@H](O)[C@H]1O[C@H](O)[C@H](O)[C@H]1O.OC[C@H]1O[C@@H](O)[C@H](O)[C@@H](O)[C@@H]1O.OC[C@H]1O[C@H](O)[C@H](O)[C@@H](O)[C@@H]1O. The third kappa shape index (κ3) is 16.6. The van der Waals surface area contributed by atoms with Crippen LogP contribution in [0.2, 0.25) is 0 Å². The standard InChI is InChI=1S/5C6H12O6/c2*7-1-2(8)5-3(9)4(10)6(11)12-5;2*7-1-2-3(8)4(9)5(10)6(11)12-2;7-1-3(9)5(11)6(12)4(10)2-8/h4*2-11H,1H2;1,3-6,8-12H,2H2/t2-,3-,4-,5-,6+;2-,3-,4-,5-,6-;2-,3-,4+,5-,6+;2-,3-,4+,5-,6-;3-,4+,5+,6+/m11110/s1. The smallest absolute Gasteiger partial charge is 0.184 e. The van der Waals surface area contributed by atoms with E-state index >= 15 is 0 Å². The second kappa shape index (κ2) is 28.3. The molecule has 0 unspecified atom stereocenters. The van der Waals surface area contributed by atoms with Crippen LogP contribution in [-0.4, -0.2) is 314 Å². The summed E-state index contributed by atoms with van der Waals surface area (Å²) in [7, 11) is 0. The number of hydrogen-bond donors (Lipinski definition) is 25. The predicted octanol–water partition coefficient (Wildman–Crippen LogP) is -16.3. The van der Waals surface area contributed by atoms with Crippen LogP contribution in [0, 0.1) is 0 Å². The Hall–Kier alpha value is -1.49. The Morgan fingerprint density at radius 2 is 0.683 bits per heavy atom. The molecule has 0 bridgehead atoms. The van der Waals surface area contributed by atoms with Crippen LogP contribution in [0.3, 0.4) is 0 Å². The van der Waals surface area contributed by atoms with E-state index in [1.807, 2.05) is 0 Å². The summed E-state index contributed by atoms with van der Waals surface area (Å²) < 4.78 is 18.3. The molecular weight excluding hydrogens is 840 g/mol. The summed E-state index contributed by atoms with van der Waals surface area (Å²) in [5.74, 6) is 0. The first-order valence-corrected chi connectivity index (χ1v) is 17.6.